The number of carbonyl (C=O) groups is 8. The highest BCUT2D eigenvalue weighted by molar-refractivity contribution is 7.90. The second-order valence-corrected chi connectivity index (χ2v) is 31.5. The van der Waals surface area contributed by atoms with E-state index in [2.05, 4.69) is 53.7 Å². The van der Waals surface area contributed by atoms with E-state index < -0.39 is 111 Å². The molecule has 7 rings (SSSR count). The fourth-order valence-electron chi connectivity index (χ4n) is 12.2. The number of rotatable bonds is 54. The van der Waals surface area contributed by atoms with Crippen molar-refractivity contribution < 1.29 is 112 Å². The van der Waals surface area contributed by atoms with Crippen LogP contribution >= 0.6 is 0 Å². The van der Waals surface area contributed by atoms with Gasteiger partial charge in [0.05, 0.1) is 147 Å². The topological polar surface area (TPSA) is 478 Å². The Balaban J connectivity index is 0.706. The van der Waals surface area contributed by atoms with E-state index in [0.29, 0.717) is 158 Å². The van der Waals surface area contributed by atoms with Gasteiger partial charge in [-0.05, 0) is 87.3 Å². The third-order valence-electron chi connectivity index (χ3n) is 18.1. The number of fused-ring (bicyclic) bond motifs is 5. The molecule has 2 aromatic carbocycles. The predicted molar refractivity (Wildman–Crippen MR) is 424 cm³/mol. The number of para-hydroxylation sites is 1. The summed E-state index contributed by atoms with van der Waals surface area (Å²) in [6.07, 6.45) is 5.36. The fourth-order valence-corrected chi connectivity index (χ4v) is 13.9. The number of unbranched alkanes of at least 4 members (excludes halogenated alkanes) is 1. The highest BCUT2D eigenvalue weighted by atomic mass is 32.2. The Morgan fingerprint density at radius 1 is 0.675 bits per heavy atom. The number of nitrogens with one attached hydrogen (secondary N) is 6. The van der Waals surface area contributed by atoms with Crippen molar-refractivity contribution >= 4 is 84.1 Å². The number of carbonyl (C=O) groups excluding carboxylic acids is 8. The summed E-state index contributed by atoms with van der Waals surface area (Å²) in [4.78, 5) is 131. The molecule has 117 heavy (non-hydrogen) atoms. The number of anilines is 1. The van der Waals surface area contributed by atoms with Crippen molar-refractivity contribution in [1.29, 1.82) is 0 Å². The largest absolute Gasteiger partial charge is 0.510 e. The number of hydrogen-bond acceptors (Lipinski definition) is 28. The monoisotopic (exact) mass is 1680 g/mol. The molecule has 0 saturated carbocycles. The maximum absolute atomic E-state index is 14.5. The van der Waals surface area contributed by atoms with Crippen molar-refractivity contribution in [2.24, 2.45) is 11.7 Å². The molecule has 8 N–H and O–H groups in total. The minimum atomic E-state index is -3.56. The van der Waals surface area contributed by atoms with Gasteiger partial charge in [0.15, 0.2) is 0 Å². The minimum Gasteiger partial charge on any atom is -0.457 e. The molecule has 0 aliphatic carbocycles. The summed E-state index contributed by atoms with van der Waals surface area (Å²) >= 11 is 0. The molecule has 37 nitrogen and oxygen atoms in total. The maximum atomic E-state index is 14.5. The average Bonchev–Trinajstić information content (AvgIpc) is 1.56. The van der Waals surface area contributed by atoms with Crippen LogP contribution in [0.1, 0.15) is 107 Å². The van der Waals surface area contributed by atoms with Crippen molar-refractivity contribution in [3.8, 4) is 23.2 Å². The van der Waals surface area contributed by atoms with Crippen LogP contribution in [0.15, 0.2) is 76.9 Å². The van der Waals surface area contributed by atoms with Gasteiger partial charge in [-0.15, -0.1) is 0 Å². The quantitative estimate of drug-likeness (QED) is 0.0125. The van der Waals surface area contributed by atoms with E-state index in [9.17, 15) is 60.0 Å². The molecular weight excluding hydrogens is 1570 g/mol. The van der Waals surface area contributed by atoms with Crippen molar-refractivity contribution in [3.05, 3.63) is 111 Å². The van der Waals surface area contributed by atoms with E-state index in [4.69, 9.17) is 67.6 Å². The zero-order valence-corrected chi connectivity index (χ0v) is 68.8. The maximum Gasteiger partial charge on any atom is 0.510 e. The SMILES string of the molecule is CC[C@@]1(OC(=O)OCc2ccc(NC(=O)[C@H](CCCNC(N)=O)NC(=O)C(NC(=O)COCC(=O)NCCOCCOCCOCCOCCOCCOCCOCCOCCNC(=O)CCCC#Cc3cnc(S(C)(=O)=O)nc3)C(C)C)cc2)C(=O)OCc2c1cc1n(c2=O)Cc2c-1nc1ccccc1c2CCN(C(C)C)S(C)(=O)=O. The first-order valence-corrected chi connectivity index (χ1v) is 42.3. The Morgan fingerprint density at radius 3 is 1.80 bits per heavy atom. The van der Waals surface area contributed by atoms with E-state index in [0.717, 1.165) is 23.5 Å². The number of urea groups is 1. The number of primary amides is 1. The van der Waals surface area contributed by atoms with Gasteiger partial charge in [-0.25, -0.2) is 46.2 Å². The number of aromatic nitrogens is 4. The summed E-state index contributed by atoms with van der Waals surface area (Å²) in [6.45, 7) is 13.2. The number of nitrogens with zero attached hydrogens (tertiary/aromatic N) is 5. The lowest BCUT2D eigenvalue weighted by atomic mass is 9.85. The van der Waals surface area contributed by atoms with Crippen LogP contribution in [-0.2, 0) is 137 Å². The third kappa shape index (κ3) is 31.3. The van der Waals surface area contributed by atoms with Crippen molar-refractivity contribution in [3.63, 3.8) is 0 Å². The smallest absolute Gasteiger partial charge is 0.457 e. The lowest BCUT2D eigenvalue weighted by Gasteiger charge is -2.35. The summed E-state index contributed by atoms with van der Waals surface area (Å²) in [5, 5.41) is 16.4. The van der Waals surface area contributed by atoms with Gasteiger partial charge in [0.2, 0.25) is 60.2 Å². The number of ether oxygens (including phenoxy) is 12. The second-order valence-electron chi connectivity index (χ2n) is 27.6. The molecule has 0 spiro atoms. The van der Waals surface area contributed by atoms with Gasteiger partial charge in [-0.1, -0.05) is 62.9 Å². The Kier molecular flexibility index (Phi) is 39.5. The first kappa shape index (κ1) is 94.5. The summed E-state index contributed by atoms with van der Waals surface area (Å²) in [5.74, 6) is 1.66. The molecule has 642 valence electrons. The number of esters is 1. The number of pyridine rings is 2. The summed E-state index contributed by atoms with van der Waals surface area (Å²) in [5.41, 5.74) is 7.03. The van der Waals surface area contributed by atoms with Crippen molar-refractivity contribution in [2.45, 2.75) is 128 Å². The highest BCUT2D eigenvalue weighted by Crippen LogP contribution is 2.42. The van der Waals surface area contributed by atoms with Crippen LogP contribution in [0, 0.1) is 17.8 Å². The lowest BCUT2D eigenvalue weighted by Crippen LogP contribution is -2.55. The average molecular weight is 1680 g/mol. The van der Waals surface area contributed by atoms with Gasteiger partial charge in [-0.2, -0.15) is 4.31 Å². The van der Waals surface area contributed by atoms with Gasteiger partial charge < -0.3 is 99.0 Å². The van der Waals surface area contributed by atoms with E-state index in [-0.39, 0.29) is 99.2 Å². The standard InChI is InChI=1S/C78H108N12O25S2/c1-8-78(62-45-65-70-60(48-89(65)73(96)61(62)50-113-74(78)97)58(59-16-12-13-17-63(59)86-70)24-28-90(54(4)5)117(7,102)103)115-77(99)114-49-55-20-22-57(23-21-55)85-71(94)64(18-14-25-82-75(79)98)87-72(95)69(53(2)3)88-68(93)52-112-51-67(92)81-27-30-105-32-34-107-36-38-109-40-42-111-44-43-110-41-39-108-37-35-106-33-31-104-29-26-80-66(91)19-11-9-10-15-56-46-83-76(84-47-56)116(6,100)101/h12-13,16-17,20-23,45-47,53-54,64,69H,8-9,11,14,18-19,24-44,48-52H2,1-7H3,(H,80,91)(H,81,92)(H,85,94)(H,87,95)(H,88,93)(H3,79,82,98)/t64-,69?,78-/m0/s1. The van der Waals surface area contributed by atoms with Gasteiger partial charge in [0.25, 0.3) is 5.56 Å². The Hall–Kier alpha value is -9.70. The molecule has 2 aliphatic rings. The Labute approximate surface area is 680 Å². The van der Waals surface area contributed by atoms with E-state index in [1.165, 1.54) is 33.4 Å². The number of hydrogen-bond donors (Lipinski definition) is 7. The molecule has 3 atom stereocenters. The molecular formula is C78H108N12O25S2. The van der Waals surface area contributed by atoms with Crippen LogP contribution < -0.4 is 43.2 Å². The molecule has 1 unspecified atom stereocenters. The van der Waals surface area contributed by atoms with Crippen LogP contribution in [-0.4, -0.2) is 264 Å². The van der Waals surface area contributed by atoms with Crippen LogP contribution in [0.5, 0.6) is 0 Å². The molecule has 3 aromatic heterocycles. The minimum absolute atomic E-state index is 0.0193. The van der Waals surface area contributed by atoms with Gasteiger partial charge in [0.1, 0.15) is 38.5 Å². The normalized spacial score (nSPS) is 14.2. The van der Waals surface area contributed by atoms with E-state index in [1.807, 2.05) is 24.3 Å². The number of nitrogens with two attached hydrogens (primary N) is 1. The van der Waals surface area contributed by atoms with Crippen molar-refractivity contribution in [2.75, 3.05) is 163 Å². The molecule has 2 aliphatic heterocycles. The van der Waals surface area contributed by atoms with E-state index in [1.54, 1.807) is 52.8 Å². The van der Waals surface area contributed by atoms with Crippen LogP contribution in [0.25, 0.3) is 22.3 Å². The Morgan fingerprint density at radius 2 is 1.25 bits per heavy atom. The van der Waals surface area contributed by atoms with Gasteiger partial charge in [0, 0.05) is 85.9 Å². The summed E-state index contributed by atoms with van der Waals surface area (Å²) < 4.78 is 118. The molecule has 0 saturated heterocycles. The number of cyclic esters (lactones) is 1. The van der Waals surface area contributed by atoms with Gasteiger partial charge >= 0.3 is 18.2 Å². The van der Waals surface area contributed by atoms with Crippen LogP contribution in [0.4, 0.5) is 15.3 Å². The fraction of sp³-hybridized carbons (Fsp3) is 0.564. The van der Waals surface area contributed by atoms with Crippen LogP contribution in [0.3, 0.4) is 0 Å². The first-order valence-electron chi connectivity index (χ1n) is 38.5. The first-order chi connectivity index (χ1) is 56.1. The zero-order chi connectivity index (χ0) is 84.8. The summed E-state index contributed by atoms with van der Waals surface area (Å²) in [6, 6.07) is 11.7. The number of amides is 7. The molecule has 7 amide bonds. The lowest BCUT2D eigenvalue weighted by molar-refractivity contribution is -0.175. The predicted octanol–water partition coefficient (Wildman–Crippen LogP) is 2.46. The van der Waals surface area contributed by atoms with Gasteiger partial charge in [-0.3, -0.25) is 28.8 Å². The summed E-state index contributed by atoms with van der Waals surface area (Å²) in [7, 11) is -7.04. The number of sulfonamides is 1. The second kappa shape index (κ2) is 48.9. The number of sulfone groups is 1. The molecule has 5 aromatic rings. The van der Waals surface area contributed by atoms with E-state index >= 15 is 0 Å². The Bertz CT molecular complexity index is 4490. The van der Waals surface area contributed by atoms with Crippen molar-refractivity contribution in [1.82, 2.24) is 50.4 Å². The molecule has 5 heterocycles. The molecule has 0 fully saturated rings. The third-order valence-corrected chi connectivity index (χ3v) is 20.4. The molecule has 39 heteroatoms. The molecule has 0 radical (unpaired) electrons. The van der Waals surface area contributed by atoms with Crippen LogP contribution in [0.2, 0.25) is 0 Å². The zero-order valence-electron chi connectivity index (χ0n) is 67.1. The highest BCUT2D eigenvalue weighted by Gasteiger charge is 2.51. The molecule has 0 bridgehead atoms. The number of benzene rings is 2.